The molecule has 3 aromatic carbocycles. The molecule has 1 amide bonds. The Morgan fingerprint density at radius 3 is 2.57 bits per heavy atom. The number of benzene rings is 3. The smallest absolute Gasteiger partial charge is 0.311 e. The Balaban J connectivity index is 1.41. The Kier molecular flexibility index (Phi) is 7.90. The van der Waals surface area contributed by atoms with E-state index in [1.807, 2.05) is 37.3 Å². The minimum atomic E-state index is -0.913. The molecule has 2 N–H and O–H groups in total. The van der Waals surface area contributed by atoms with E-state index >= 15 is 0 Å². The fourth-order valence-electron chi connectivity index (χ4n) is 3.96. The van der Waals surface area contributed by atoms with Crippen LogP contribution in [0.25, 0.3) is 0 Å². The Morgan fingerprint density at radius 1 is 1.14 bits per heavy atom. The SMILES string of the molecule is CCOC(CNC(=O)c1ccc(Oc2cc3c(cc2Cl)C(C(=O)O)CCO3)cc1)c1ccccc1. The molecule has 8 heteroatoms. The molecule has 0 saturated carbocycles. The molecular weight excluding hydrogens is 470 g/mol. The van der Waals surface area contributed by atoms with E-state index < -0.39 is 11.9 Å². The first-order valence-electron chi connectivity index (χ1n) is 11.4. The number of amides is 1. The van der Waals surface area contributed by atoms with Gasteiger partial charge in [-0.05, 0) is 49.2 Å². The predicted molar refractivity (Wildman–Crippen MR) is 132 cm³/mol. The normalized spacial score (nSPS) is 15.4. The summed E-state index contributed by atoms with van der Waals surface area (Å²) in [5.74, 6) is -0.531. The summed E-state index contributed by atoms with van der Waals surface area (Å²) in [6.07, 6.45) is 0.154. The highest BCUT2D eigenvalue weighted by Gasteiger charge is 2.29. The minimum absolute atomic E-state index is 0.225. The third-order valence-corrected chi connectivity index (χ3v) is 6.03. The molecule has 182 valence electrons. The molecule has 0 fully saturated rings. The quantitative estimate of drug-likeness (QED) is 0.402. The maximum atomic E-state index is 12.7. The summed E-state index contributed by atoms with van der Waals surface area (Å²) in [5.41, 5.74) is 2.01. The Labute approximate surface area is 208 Å². The van der Waals surface area contributed by atoms with Crippen molar-refractivity contribution < 1.29 is 28.9 Å². The lowest BCUT2D eigenvalue weighted by Gasteiger charge is -2.24. The van der Waals surface area contributed by atoms with E-state index in [0.29, 0.717) is 54.6 Å². The van der Waals surface area contributed by atoms with Crippen LogP contribution in [0.2, 0.25) is 5.02 Å². The van der Waals surface area contributed by atoms with Gasteiger partial charge in [0.2, 0.25) is 0 Å². The molecular formula is C27H26ClNO6. The van der Waals surface area contributed by atoms with Gasteiger partial charge in [-0.15, -0.1) is 0 Å². The number of carbonyl (C=O) groups is 2. The van der Waals surface area contributed by atoms with Crippen LogP contribution in [0.15, 0.2) is 66.7 Å². The van der Waals surface area contributed by atoms with Crippen LogP contribution in [0.5, 0.6) is 17.2 Å². The van der Waals surface area contributed by atoms with Gasteiger partial charge in [0.15, 0.2) is 0 Å². The molecule has 0 spiro atoms. The lowest BCUT2D eigenvalue weighted by Crippen LogP contribution is -2.29. The van der Waals surface area contributed by atoms with Crippen molar-refractivity contribution in [1.29, 1.82) is 0 Å². The van der Waals surface area contributed by atoms with Crippen molar-refractivity contribution in [3.63, 3.8) is 0 Å². The van der Waals surface area contributed by atoms with Gasteiger partial charge in [-0.2, -0.15) is 0 Å². The number of hydrogen-bond donors (Lipinski definition) is 2. The number of hydrogen-bond acceptors (Lipinski definition) is 5. The zero-order chi connectivity index (χ0) is 24.8. The Morgan fingerprint density at radius 2 is 1.89 bits per heavy atom. The van der Waals surface area contributed by atoms with Gasteiger partial charge < -0.3 is 24.6 Å². The molecule has 2 unspecified atom stereocenters. The third kappa shape index (κ3) is 5.93. The summed E-state index contributed by atoms with van der Waals surface area (Å²) in [4.78, 5) is 24.2. The highest BCUT2D eigenvalue weighted by molar-refractivity contribution is 6.32. The molecule has 0 aromatic heterocycles. The first-order valence-corrected chi connectivity index (χ1v) is 11.8. The number of carboxylic acid groups (broad SMARTS) is 1. The molecule has 0 bridgehead atoms. The van der Waals surface area contributed by atoms with Crippen molar-refractivity contribution in [2.45, 2.75) is 25.4 Å². The van der Waals surface area contributed by atoms with E-state index in [1.54, 1.807) is 36.4 Å². The standard InChI is InChI=1S/C27H26ClNO6/c1-2-33-25(17-6-4-3-5-7-17)16-29-26(30)18-8-10-19(11-9-18)35-24-15-23-21(14-22(24)28)20(27(31)32)12-13-34-23/h3-11,14-15,20,25H,2,12-13,16H2,1H3,(H,29,30)(H,31,32). The van der Waals surface area contributed by atoms with Gasteiger partial charge in [0.05, 0.1) is 23.7 Å². The van der Waals surface area contributed by atoms with Crippen molar-refractivity contribution in [1.82, 2.24) is 5.32 Å². The molecule has 1 heterocycles. The molecule has 35 heavy (non-hydrogen) atoms. The largest absolute Gasteiger partial charge is 0.493 e. The molecule has 7 nitrogen and oxygen atoms in total. The van der Waals surface area contributed by atoms with Gasteiger partial charge in [0.1, 0.15) is 17.2 Å². The van der Waals surface area contributed by atoms with Crippen molar-refractivity contribution in [3.8, 4) is 17.2 Å². The first-order chi connectivity index (χ1) is 17.0. The first kappa shape index (κ1) is 24.6. The molecule has 3 aromatic rings. The number of rotatable bonds is 9. The van der Waals surface area contributed by atoms with Crippen LogP contribution in [-0.2, 0) is 9.53 Å². The third-order valence-electron chi connectivity index (χ3n) is 5.73. The molecule has 1 aliphatic rings. The van der Waals surface area contributed by atoms with Gasteiger partial charge in [-0.1, -0.05) is 41.9 Å². The maximum absolute atomic E-state index is 12.7. The van der Waals surface area contributed by atoms with E-state index in [2.05, 4.69) is 5.32 Å². The average Bonchev–Trinajstić information content (AvgIpc) is 2.87. The maximum Gasteiger partial charge on any atom is 0.311 e. The Hall–Kier alpha value is -3.55. The molecule has 1 aliphatic heterocycles. The summed E-state index contributed by atoms with van der Waals surface area (Å²) in [6.45, 7) is 3.11. The van der Waals surface area contributed by atoms with E-state index in [1.165, 1.54) is 0 Å². The fourth-order valence-corrected chi connectivity index (χ4v) is 4.17. The Bertz CT molecular complexity index is 1180. The topological polar surface area (TPSA) is 94.1 Å². The molecule has 0 saturated heterocycles. The van der Waals surface area contributed by atoms with Gasteiger partial charge in [-0.3, -0.25) is 9.59 Å². The zero-order valence-corrected chi connectivity index (χ0v) is 20.0. The molecule has 0 aliphatic carbocycles. The number of aliphatic carboxylic acids is 1. The van der Waals surface area contributed by atoms with E-state index in [9.17, 15) is 14.7 Å². The zero-order valence-electron chi connectivity index (χ0n) is 19.2. The summed E-state index contributed by atoms with van der Waals surface area (Å²) >= 11 is 6.36. The van der Waals surface area contributed by atoms with Crippen LogP contribution in [0.4, 0.5) is 0 Å². The van der Waals surface area contributed by atoms with Crippen LogP contribution in [0.1, 0.15) is 46.9 Å². The summed E-state index contributed by atoms with van der Waals surface area (Å²) in [5, 5.41) is 12.6. The number of nitrogens with one attached hydrogen (secondary N) is 1. The van der Waals surface area contributed by atoms with E-state index in [4.69, 9.17) is 25.8 Å². The van der Waals surface area contributed by atoms with Gasteiger partial charge >= 0.3 is 5.97 Å². The second-order valence-corrected chi connectivity index (χ2v) is 8.45. The second kappa shape index (κ2) is 11.3. The van der Waals surface area contributed by atoms with Crippen molar-refractivity contribution >= 4 is 23.5 Å². The van der Waals surface area contributed by atoms with Crippen molar-refractivity contribution in [2.75, 3.05) is 19.8 Å². The summed E-state index contributed by atoms with van der Waals surface area (Å²) in [6, 6.07) is 19.6. The lowest BCUT2D eigenvalue weighted by molar-refractivity contribution is -0.139. The van der Waals surface area contributed by atoms with Crippen molar-refractivity contribution in [3.05, 3.63) is 88.4 Å². The van der Waals surface area contributed by atoms with Gasteiger partial charge in [0.25, 0.3) is 5.91 Å². The molecule has 2 atom stereocenters. The number of ether oxygens (including phenoxy) is 3. The number of halogens is 1. The highest BCUT2D eigenvalue weighted by Crippen LogP contribution is 2.41. The average molecular weight is 496 g/mol. The molecule has 0 radical (unpaired) electrons. The van der Waals surface area contributed by atoms with E-state index in [0.717, 1.165) is 5.56 Å². The second-order valence-electron chi connectivity index (χ2n) is 8.04. The fraction of sp³-hybridized carbons (Fsp3) is 0.259. The van der Waals surface area contributed by atoms with Crippen LogP contribution < -0.4 is 14.8 Å². The van der Waals surface area contributed by atoms with Crippen LogP contribution in [0.3, 0.4) is 0 Å². The molecule has 4 rings (SSSR count). The highest BCUT2D eigenvalue weighted by atomic mass is 35.5. The van der Waals surface area contributed by atoms with E-state index in [-0.39, 0.29) is 17.0 Å². The summed E-state index contributed by atoms with van der Waals surface area (Å²) < 4.78 is 17.3. The van der Waals surface area contributed by atoms with Crippen LogP contribution in [-0.4, -0.2) is 36.7 Å². The number of carboxylic acids is 1. The predicted octanol–water partition coefficient (Wildman–Crippen LogP) is 5.59. The van der Waals surface area contributed by atoms with Gasteiger partial charge in [0, 0.05) is 30.3 Å². The number of fused-ring (bicyclic) bond motifs is 1. The lowest BCUT2D eigenvalue weighted by atomic mass is 9.93. The monoisotopic (exact) mass is 495 g/mol. The van der Waals surface area contributed by atoms with Gasteiger partial charge in [-0.25, -0.2) is 0 Å². The van der Waals surface area contributed by atoms with Crippen LogP contribution >= 0.6 is 11.6 Å². The minimum Gasteiger partial charge on any atom is -0.493 e. The summed E-state index contributed by atoms with van der Waals surface area (Å²) in [7, 11) is 0. The number of carbonyl (C=O) groups excluding carboxylic acids is 1. The van der Waals surface area contributed by atoms with Crippen LogP contribution in [0, 0.1) is 0 Å². The van der Waals surface area contributed by atoms with Crippen molar-refractivity contribution in [2.24, 2.45) is 0 Å².